The molecule has 0 radical (unpaired) electrons. The van der Waals surface area contributed by atoms with Crippen molar-refractivity contribution in [2.24, 2.45) is 0 Å². The molecule has 0 fully saturated rings. The second-order valence-corrected chi connectivity index (χ2v) is 1.34. The van der Waals surface area contributed by atoms with Crippen molar-refractivity contribution >= 4 is 53.9 Å². The summed E-state index contributed by atoms with van der Waals surface area (Å²) >= 11 is 0. The fraction of sp³-hybridized carbons (Fsp3) is 0. The predicted octanol–water partition coefficient (Wildman–Crippen LogP) is -3.59. The number of hydrogen-bond acceptors (Lipinski definition) is 4. The maximum atomic E-state index is 8.55. The molecule has 0 N–H and O–H groups in total. The fourth-order valence-corrected chi connectivity index (χ4v) is 0. The number of phosphoric acid groups is 1. The Kier molecular flexibility index (Phi) is 13.1. The maximum Gasteiger partial charge on any atom is 2.00 e. The van der Waals surface area contributed by atoms with Crippen molar-refractivity contribution < 1.29 is 19.2 Å². The molecule has 0 spiro atoms. The van der Waals surface area contributed by atoms with E-state index in [0.717, 1.165) is 0 Å². The van der Waals surface area contributed by atoms with Crippen LogP contribution in [-0.2, 0) is 4.57 Å². The summed E-state index contributed by atoms with van der Waals surface area (Å²) in [4.78, 5) is 25.6. The molecule has 0 aromatic heterocycles. The summed E-state index contributed by atoms with van der Waals surface area (Å²) in [6, 6.07) is 0. The van der Waals surface area contributed by atoms with Crippen LogP contribution >= 0.6 is 7.82 Å². The number of rotatable bonds is 0. The van der Waals surface area contributed by atoms with Crippen LogP contribution < -0.4 is 14.7 Å². The largest absolute Gasteiger partial charge is 2.00 e. The summed E-state index contributed by atoms with van der Waals surface area (Å²) in [7, 11) is -5.39. The van der Waals surface area contributed by atoms with E-state index < -0.39 is 7.82 Å². The van der Waals surface area contributed by atoms with Gasteiger partial charge in [-0.1, -0.05) is 0 Å². The van der Waals surface area contributed by atoms with Crippen LogP contribution in [0.25, 0.3) is 0 Å². The first-order valence-electron chi connectivity index (χ1n) is 0.730. The SMILES string of the molecule is O=P([O-])([O-])[O-].[Mg+2].[Mg+2]. The molecule has 0 unspecified atom stereocenters. The van der Waals surface area contributed by atoms with Gasteiger partial charge in [0.05, 0.1) is 0 Å². The van der Waals surface area contributed by atoms with Gasteiger partial charge in [0.2, 0.25) is 0 Å². The van der Waals surface area contributed by atoms with Gasteiger partial charge in [0.1, 0.15) is 0 Å². The van der Waals surface area contributed by atoms with Crippen molar-refractivity contribution in [2.75, 3.05) is 0 Å². The summed E-state index contributed by atoms with van der Waals surface area (Å²) in [5, 5.41) is 0. The minimum atomic E-state index is -5.39. The maximum absolute atomic E-state index is 8.55. The third kappa shape index (κ3) is 90.2. The van der Waals surface area contributed by atoms with Crippen LogP contribution in [0.5, 0.6) is 0 Å². The Hall–Kier alpha value is 1.64. The predicted molar refractivity (Wildman–Crippen MR) is 19.1 cm³/mol. The molecule has 0 heterocycles. The van der Waals surface area contributed by atoms with E-state index >= 15 is 0 Å². The van der Waals surface area contributed by atoms with E-state index in [9.17, 15) is 0 Å². The van der Waals surface area contributed by atoms with Crippen molar-refractivity contribution in [2.45, 2.75) is 0 Å². The first-order valence-corrected chi connectivity index (χ1v) is 2.19. The Morgan fingerprint density at radius 2 is 1.00 bits per heavy atom. The Balaban J connectivity index is -0.0000000800. The van der Waals surface area contributed by atoms with Crippen molar-refractivity contribution in [3.63, 3.8) is 0 Å². The molecule has 32 valence electrons. The third-order valence-electron chi connectivity index (χ3n) is 0. The molecule has 0 aliphatic carbocycles. The van der Waals surface area contributed by atoms with Gasteiger partial charge >= 0.3 is 46.1 Å². The first-order chi connectivity index (χ1) is 2.00. The Bertz CT molecular complexity index is 55.8. The van der Waals surface area contributed by atoms with Crippen molar-refractivity contribution in [3.8, 4) is 0 Å². The monoisotopic (exact) mass is 143 g/mol. The van der Waals surface area contributed by atoms with Gasteiger partial charge < -0.3 is 19.2 Å². The quantitative estimate of drug-likeness (QED) is 0.259. The van der Waals surface area contributed by atoms with Crippen LogP contribution in [0, 0.1) is 0 Å². The van der Waals surface area contributed by atoms with Gasteiger partial charge in [-0.2, -0.15) is 7.82 Å². The number of hydrogen-bond donors (Lipinski definition) is 0. The van der Waals surface area contributed by atoms with Gasteiger partial charge in [-0.25, -0.2) is 0 Å². The van der Waals surface area contributed by atoms with E-state index in [1.807, 2.05) is 0 Å². The van der Waals surface area contributed by atoms with Gasteiger partial charge in [0, 0.05) is 0 Å². The topological polar surface area (TPSA) is 86.2 Å². The van der Waals surface area contributed by atoms with Gasteiger partial charge in [-0.15, -0.1) is 0 Å². The minimum Gasteiger partial charge on any atom is -0.822 e. The molecule has 0 rings (SSSR count). The average Bonchev–Trinajstić information content (AvgIpc) is 0.722. The molecular formula is Mg2O4P+. The Morgan fingerprint density at radius 1 is 1.00 bits per heavy atom. The molecular weight excluding hydrogens is 144 g/mol. The van der Waals surface area contributed by atoms with E-state index in [-0.39, 0.29) is 46.1 Å². The summed E-state index contributed by atoms with van der Waals surface area (Å²) in [5.74, 6) is 0. The fourth-order valence-electron chi connectivity index (χ4n) is 0. The molecule has 7 heteroatoms. The van der Waals surface area contributed by atoms with Crippen LogP contribution in [0.4, 0.5) is 0 Å². The first kappa shape index (κ1) is 15.9. The van der Waals surface area contributed by atoms with Crippen LogP contribution in [-0.4, -0.2) is 46.1 Å². The summed E-state index contributed by atoms with van der Waals surface area (Å²) in [6.07, 6.45) is 0. The third-order valence-corrected chi connectivity index (χ3v) is 0. The molecule has 0 saturated carbocycles. The van der Waals surface area contributed by atoms with E-state index in [0.29, 0.717) is 0 Å². The van der Waals surface area contributed by atoms with E-state index in [1.54, 1.807) is 0 Å². The molecule has 0 aromatic rings. The molecule has 0 amide bonds. The second-order valence-electron chi connectivity index (χ2n) is 0.447. The average molecular weight is 144 g/mol. The van der Waals surface area contributed by atoms with E-state index in [2.05, 4.69) is 0 Å². The summed E-state index contributed by atoms with van der Waals surface area (Å²) in [6.45, 7) is 0. The Labute approximate surface area is 72.8 Å². The summed E-state index contributed by atoms with van der Waals surface area (Å²) in [5.41, 5.74) is 0. The van der Waals surface area contributed by atoms with Crippen molar-refractivity contribution in [1.82, 2.24) is 0 Å². The zero-order valence-corrected chi connectivity index (χ0v) is 7.22. The second kappa shape index (κ2) is 5.77. The van der Waals surface area contributed by atoms with Crippen LogP contribution in [0.15, 0.2) is 0 Å². The summed E-state index contributed by atoms with van der Waals surface area (Å²) < 4.78 is 8.55. The Morgan fingerprint density at radius 3 is 1.00 bits per heavy atom. The van der Waals surface area contributed by atoms with E-state index in [1.165, 1.54) is 0 Å². The van der Waals surface area contributed by atoms with Gasteiger partial charge in [-0.3, -0.25) is 0 Å². The smallest absolute Gasteiger partial charge is 0.822 e. The molecule has 0 aliphatic rings. The molecule has 0 atom stereocenters. The van der Waals surface area contributed by atoms with Gasteiger partial charge in [0.15, 0.2) is 0 Å². The molecule has 0 aliphatic heterocycles. The molecule has 0 saturated heterocycles. The van der Waals surface area contributed by atoms with Crippen LogP contribution in [0.2, 0.25) is 0 Å². The molecule has 7 heavy (non-hydrogen) atoms. The minimum absolute atomic E-state index is 0. The van der Waals surface area contributed by atoms with Crippen molar-refractivity contribution in [1.29, 1.82) is 0 Å². The zero-order chi connectivity index (χ0) is 4.50. The van der Waals surface area contributed by atoms with Crippen LogP contribution in [0.1, 0.15) is 0 Å². The van der Waals surface area contributed by atoms with Crippen molar-refractivity contribution in [3.05, 3.63) is 0 Å². The zero-order valence-electron chi connectivity index (χ0n) is 3.49. The van der Waals surface area contributed by atoms with E-state index in [4.69, 9.17) is 19.2 Å². The standard InChI is InChI=1S/2Mg.H3O4P/c;;1-5(2,3)4/h;;(H3,1,2,3,4)/q2*+2;/p-3. The normalized spacial score (nSPS) is 8.43. The van der Waals surface area contributed by atoms with Gasteiger partial charge in [-0.05, 0) is 0 Å². The van der Waals surface area contributed by atoms with Crippen LogP contribution in [0.3, 0.4) is 0 Å². The van der Waals surface area contributed by atoms with Gasteiger partial charge in [0.25, 0.3) is 0 Å². The molecule has 0 aromatic carbocycles. The molecule has 0 bridgehead atoms. The molecule has 4 nitrogen and oxygen atoms in total.